The fraction of sp³-hybridized carbons (Fsp3) is 0.0800. The van der Waals surface area contributed by atoms with Crippen molar-refractivity contribution >= 4 is 33.7 Å². The molecule has 0 amide bonds. The first kappa shape index (κ1) is 22.1. The number of benzene rings is 3. The van der Waals surface area contributed by atoms with Crippen molar-refractivity contribution in [3.8, 4) is 11.1 Å². The van der Waals surface area contributed by atoms with Crippen LogP contribution in [0.5, 0.6) is 0 Å². The molecule has 0 atom stereocenters. The zero-order valence-electron chi connectivity index (χ0n) is 16.6. The Morgan fingerprint density at radius 2 is 1.53 bits per heavy atom. The fourth-order valence-electron chi connectivity index (χ4n) is 3.50. The number of nitrogen functional groups attached to an aromatic ring is 1. The van der Waals surface area contributed by atoms with Gasteiger partial charge in [0.25, 0.3) is 0 Å². The summed E-state index contributed by atoms with van der Waals surface area (Å²) in [7, 11) is 0. The van der Waals surface area contributed by atoms with E-state index >= 15 is 0 Å². The first-order valence-electron chi connectivity index (χ1n) is 9.67. The third-order valence-electron chi connectivity index (χ3n) is 5.05. The number of halogens is 4. The first-order chi connectivity index (χ1) is 15.2. The molecule has 0 aliphatic heterocycles. The number of ketones is 1. The van der Waals surface area contributed by atoms with Gasteiger partial charge in [0.05, 0.1) is 16.1 Å². The molecule has 0 fully saturated rings. The van der Waals surface area contributed by atoms with E-state index in [1.165, 1.54) is 23.5 Å². The number of carbonyl (C=O) groups is 1. The second kappa shape index (κ2) is 8.81. The van der Waals surface area contributed by atoms with E-state index in [4.69, 9.17) is 17.3 Å². The topological polar surface area (TPSA) is 43.1 Å². The summed E-state index contributed by atoms with van der Waals surface area (Å²) >= 11 is 7.23. The van der Waals surface area contributed by atoms with Crippen molar-refractivity contribution in [1.29, 1.82) is 0 Å². The average molecular weight is 472 g/mol. The second-order valence-electron chi connectivity index (χ2n) is 7.21. The van der Waals surface area contributed by atoms with Gasteiger partial charge in [0.15, 0.2) is 5.78 Å². The Kier molecular flexibility index (Phi) is 6.09. The van der Waals surface area contributed by atoms with Crippen LogP contribution in [0, 0.1) is 0 Å². The van der Waals surface area contributed by atoms with Gasteiger partial charge in [-0.05, 0) is 47.5 Å². The van der Waals surface area contributed by atoms with Crippen LogP contribution < -0.4 is 5.73 Å². The second-order valence-corrected chi connectivity index (χ2v) is 8.79. The number of rotatable bonds is 5. The molecule has 3 aromatic carbocycles. The summed E-state index contributed by atoms with van der Waals surface area (Å²) in [6.07, 6.45) is -4.04. The maximum atomic E-state index is 13.4. The molecule has 0 unspecified atom stereocenters. The van der Waals surface area contributed by atoms with Crippen LogP contribution in [0.4, 0.5) is 18.2 Å². The van der Waals surface area contributed by atoms with Crippen molar-refractivity contribution in [3.63, 3.8) is 0 Å². The number of alkyl halides is 3. The van der Waals surface area contributed by atoms with E-state index < -0.39 is 11.7 Å². The van der Waals surface area contributed by atoms with Gasteiger partial charge >= 0.3 is 6.18 Å². The largest absolute Gasteiger partial charge is 0.416 e. The molecular weight excluding hydrogens is 455 g/mol. The van der Waals surface area contributed by atoms with E-state index in [1.54, 1.807) is 24.3 Å². The van der Waals surface area contributed by atoms with Crippen molar-refractivity contribution in [3.05, 3.63) is 111 Å². The molecule has 7 heteroatoms. The summed E-state index contributed by atoms with van der Waals surface area (Å²) in [5, 5.41) is 0.886. The molecule has 0 saturated carbocycles. The molecule has 0 bridgehead atoms. The summed E-state index contributed by atoms with van der Waals surface area (Å²) in [4.78, 5) is 14.2. The number of carbonyl (C=O) groups excluding carboxylic acids is 1. The number of hydrogen-bond donors (Lipinski definition) is 1. The highest BCUT2D eigenvalue weighted by atomic mass is 35.5. The minimum Gasteiger partial charge on any atom is -0.390 e. The third-order valence-corrected chi connectivity index (χ3v) is 6.32. The number of hydrogen-bond acceptors (Lipinski definition) is 3. The highest BCUT2D eigenvalue weighted by Gasteiger charge is 2.30. The molecule has 2 nitrogen and oxygen atoms in total. The Morgan fingerprint density at radius 1 is 0.906 bits per heavy atom. The Balaban J connectivity index is 1.79. The van der Waals surface area contributed by atoms with Crippen LogP contribution in [0.2, 0.25) is 5.02 Å². The van der Waals surface area contributed by atoms with Gasteiger partial charge in [-0.2, -0.15) is 13.2 Å². The van der Waals surface area contributed by atoms with E-state index in [-0.39, 0.29) is 5.78 Å². The van der Waals surface area contributed by atoms with Crippen molar-refractivity contribution in [2.75, 3.05) is 5.73 Å². The van der Waals surface area contributed by atoms with Crippen LogP contribution in [-0.2, 0) is 12.6 Å². The summed E-state index contributed by atoms with van der Waals surface area (Å²) < 4.78 is 38.7. The van der Waals surface area contributed by atoms with Crippen LogP contribution in [0.3, 0.4) is 0 Å². The summed E-state index contributed by atoms with van der Waals surface area (Å²) in [6, 6.07) is 21.0. The molecule has 0 aliphatic rings. The van der Waals surface area contributed by atoms with Crippen molar-refractivity contribution in [2.24, 2.45) is 0 Å². The highest BCUT2D eigenvalue weighted by Crippen LogP contribution is 2.41. The SMILES string of the molecule is Nc1sc(Cc2ccc(C(F)(F)F)cc2)c(-c2ccccc2)c1C(=O)c1ccc(Cl)cc1. The van der Waals surface area contributed by atoms with Gasteiger partial charge in [-0.25, -0.2) is 0 Å². The van der Waals surface area contributed by atoms with E-state index in [1.807, 2.05) is 30.3 Å². The first-order valence-corrected chi connectivity index (χ1v) is 10.9. The lowest BCUT2D eigenvalue weighted by molar-refractivity contribution is -0.137. The number of anilines is 1. The maximum absolute atomic E-state index is 13.4. The van der Waals surface area contributed by atoms with Gasteiger partial charge in [-0.15, -0.1) is 11.3 Å². The molecule has 162 valence electrons. The van der Waals surface area contributed by atoms with Crippen LogP contribution >= 0.6 is 22.9 Å². The van der Waals surface area contributed by atoms with Crippen LogP contribution in [0.15, 0.2) is 78.9 Å². The molecule has 0 spiro atoms. The summed E-state index contributed by atoms with van der Waals surface area (Å²) in [5.74, 6) is -0.229. The molecule has 32 heavy (non-hydrogen) atoms. The normalized spacial score (nSPS) is 11.5. The zero-order chi connectivity index (χ0) is 22.9. The molecule has 1 heterocycles. The molecule has 0 radical (unpaired) electrons. The molecule has 0 aliphatic carbocycles. The van der Waals surface area contributed by atoms with E-state index in [2.05, 4.69) is 0 Å². The zero-order valence-corrected chi connectivity index (χ0v) is 18.2. The molecule has 2 N–H and O–H groups in total. The quantitative estimate of drug-likeness (QED) is 0.306. The minimum atomic E-state index is -4.39. The fourth-order valence-corrected chi connectivity index (χ4v) is 4.75. The highest BCUT2D eigenvalue weighted by molar-refractivity contribution is 7.17. The average Bonchev–Trinajstić information content (AvgIpc) is 3.09. The molecule has 4 rings (SSSR count). The number of thiophene rings is 1. The lowest BCUT2D eigenvalue weighted by Gasteiger charge is -2.10. The maximum Gasteiger partial charge on any atom is 0.416 e. The monoisotopic (exact) mass is 471 g/mol. The van der Waals surface area contributed by atoms with Gasteiger partial charge in [0.2, 0.25) is 0 Å². The lowest BCUT2D eigenvalue weighted by Crippen LogP contribution is -2.05. The van der Waals surface area contributed by atoms with Crippen molar-refractivity contribution in [1.82, 2.24) is 0 Å². The molecular formula is C25H17ClF3NOS. The third kappa shape index (κ3) is 4.56. The van der Waals surface area contributed by atoms with E-state index in [9.17, 15) is 18.0 Å². The van der Waals surface area contributed by atoms with Crippen LogP contribution in [0.25, 0.3) is 11.1 Å². The van der Waals surface area contributed by atoms with Crippen molar-refractivity contribution in [2.45, 2.75) is 12.6 Å². The Bertz CT molecular complexity index is 1250. The van der Waals surface area contributed by atoms with Crippen LogP contribution in [0.1, 0.15) is 31.9 Å². The van der Waals surface area contributed by atoms with Gasteiger partial charge in [-0.1, -0.05) is 54.1 Å². The van der Waals surface area contributed by atoms with Gasteiger partial charge < -0.3 is 5.73 Å². The number of nitrogens with two attached hydrogens (primary N) is 1. The van der Waals surface area contributed by atoms with Crippen molar-refractivity contribution < 1.29 is 18.0 Å². The molecule has 4 aromatic rings. The lowest BCUT2D eigenvalue weighted by atomic mass is 9.93. The molecule has 0 saturated heterocycles. The van der Waals surface area contributed by atoms with E-state index in [0.29, 0.717) is 38.7 Å². The standard InChI is InChI=1S/C25H17ClF3NOS/c26-19-12-8-17(9-13-19)23(31)22-21(16-4-2-1-3-5-16)20(32-24(22)30)14-15-6-10-18(11-7-15)25(27,28)29/h1-13H,14,30H2. The Morgan fingerprint density at radius 3 is 2.12 bits per heavy atom. The van der Waals surface area contributed by atoms with Crippen LogP contribution in [-0.4, -0.2) is 5.78 Å². The molecule has 1 aromatic heterocycles. The Hall–Kier alpha value is -3.09. The predicted molar refractivity (Wildman–Crippen MR) is 123 cm³/mol. The van der Waals surface area contributed by atoms with E-state index in [0.717, 1.165) is 22.6 Å². The summed E-state index contributed by atoms with van der Waals surface area (Å²) in [5.41, 5.74) is 8.67. The minimum absolute atomic E-state index is 0.229. The summed E-state index contributed by atoms with van der Waals surface area (Å²) in [6.45, 7) is 0. The van der Waals surface area contributed by atoms with Gasteiger partial charge in [0, 0.05) is 27.4 Å². The van der Waals surface area contributed by atoms with Gasteiger partial charge in [-0.3, -0.25) is 4.79 Å². The van der Waals surface area contributed by atoms with Gasteiger partial charge in [0.1, 0.15) is 0 Å². The smallest absolute Gasteiger partial charge is 0.390 e. The Labute approximate surface area is 192 Å². The predicted octanol–water partition coefficient (Wildman–Crippen LogP) is 7.49.